The van der Waals surface area contributed by atoms with E-state index in [1.807, 2.05) is 0 Å². The molecule has 0 aliphatic carbocycles. The van der Waals surface area contributed by atoms with Gasteiger partial charge in [0.05, 0.1) is 23.6 Å². The Kier molecular flexibility index (Phi) is 4.28. The van der Waals surface area contributed by atoms with E-state index >= 15 is 0 Å². The quantitative estimate of drug-likeness (QED) is 0.778. The summed E-state index contributed by atoms with van der Waals surface area (Å²) in [5, 5.41) is 0.481. The molecule has 0 radical (unpaired) electrons. The minimum absolute atomic E-state index is 0.214. The van der Waals surface area contributed by atoms with Crippen LogP contribution in [0.1, 0.15) is 18.2 Å². The molecule has 1 aromatic heterocycles. The lowest BCUT2D eigenvalue weighted by Crippen LogP contribution is -2.17. The minimum Gasteiger partial charge on any atom is -0.369 e. The Hall–Kier alpha value is -0.210. The van der Waals surface area contributed by atoms with E-state index in [0.29, 0.717) is 17.1 Å². The predicted molar refractivity (Wildman–Crippen MR) is 70.0 cm³/mol. The van der Waals surface area contributed by atoms with Crippen molar-refractivity contribution in [2.24, 2.45) is 0 Å². The van der Waals surface area contributed by atoms with Gasteiger partial charge in [-0.05, 0) is 22.0 Å². The van der Waals surface area contributed by atoms with E-state index in [0.717, 1.165) is 10.7 Å². The standard InChI is InChI=1S/C10H11BrClNO4S/c1-18(14,15)17-7-3-9(16-5-7)10-8(12)2-6(11)4-13-10/h2,4,7,9H,3,5H2,1H3. The van der Waals surface area contributed by atoms with Crippen LogP contribution in [-0.2, 0) is 19.0 Å². The first-order chi connectivity index (χ1) is 8.35. The molecule has 1 fully saturated rings. The molecule has 1 aromatic rings. The van der Waals surface area contributed by atoms with Gasteiger partial charge in [-0.3, -0.25) is 9.17 Å². The molecule has 1 aliphatic rings. The van der Waals surface area contributed by atoms with E-state index in [4.69, 9.17) is 20.5 Å². The van der Waals surface area contributed by atoms with Crippen LogP contribution in [-0.4, -0.2) is 32.4 Å². The monoisotopic (exact) mass is 355 g/mol. The molecule has 1 aliphatic heterocycles. The average Bonchev–Trinajstić information content (AvgIpc) is 2.63. The molecular formula is C10H11BrClNO4S. The molecule has 100 valence electrons. The van der Waals surface area contributed by atoms with Crippen molar-refractivity contribution in [1.29, 1.82) is 0 Å². The van der Waals surface area contributed by atoms with Crippen molar-refractivity contribution < 1.29 is 17.3 Å². The van der Waals surface area contributed by atoms with E-state index in [-0.39, 0.29) is 12.7 Å². The first-order valence-corrected chi connectivity index (χ1v) is 8.15. The highest BCUT2D eigenvalue weighted by atomic mass is 79.9. The van der Waals surface area contributed by atoms with Gasteiger partial charge in [0.2, 0.25) is 0 Å². The summed E-state index contributed by atoms with van der Waals surface area (Å²) in [6.45, 7) is 0.214. The summed E-state index contributed by atoms with van der Waals surface area (Å²) in [7, 11) is -3.47. The minimum atomic E-state index is -3.47. The average molecular weight is 357 g/mol. The molecule has 0 saturated carbocycles. The van der Waals surface area contributed by atoms with Crippen LogP contribution in [0.2, 0.25) is 5.02 Å². The van der Waals surface area contributed by atoms with Crippen LogP contribution in [0.5, 0.6) is 0 Å². The molecule has 0 bridgehead atoms. The Morgan fingerprint density at radius 3 is 2.94 bits per heavy atom. The van der Waals surface area contributed by atoms with Gasteiger partial charge >= 0.3 is 0 Å². The Morgan fingerprint density at radius 1 is 1.61 bits per heavy atom. The number of aromatic nitrogens is 1. The third-order valence-electron chi connectivity index (χ3n) is 2.41. The van der Waals surface area contributed by atoms with Gasteiger partial charge < -0.3 is 4.74 Å². The van der Waals surface area contributed by atoms with Crippen LogP contribution in [0.25, 0.3) is 0 Å². The maximum Gasteiger partial charge on any atom is 0.264 e. The third kappa shape index (κ3) is 3.64. The van der Waals surface area contributed by atoms with Crippen molar-refractivity contribution in [2.75, 3.05) is 12.9 Å². The Labute approximate surface area is 119 Å². The van der Waals surface area contributed by atoms with Crippen molar-refractivity contribution in [2.45, 2.75) is 18.6 Å². The smallest absolute Gasteiger partial charge is 0.264 e. The second kappa shape index (κ2) is 5.42. The predicted octanol–water partition coefficient (Wildman–Crippen LogP) is 2.30. The Morgan fingerprint density at radius 2 is 2.33 bits per heavy atom. The highest BCUT2D eigenvalue weighted by molar-refractivity contribution is 9.10. The zero-order chi connectivity index (χ0) is 13.3. The molecule has 0 amide bonds. The fraction of sp³-hybridized carbons (Fsp3) is 0.500. The van der Waals surface area contributed by atoms with Gasteiger partial charge in [-0.1, -0.05) is 11.6 Å². The largest absolute Gasteiger partial charge is 0.369 e. The van der Waals surface area contributed by atoms with Gasteiger partial charge in [0.1, 0.15) is 12.2 Å². The number of halogens is 2. The number of rotatable bonds is 3. The number of nitrogens with zero attached hydrogens (tertiary/aromatic N) is 1. The van der Waals surface area contributed by atoms with Crippen LogP contribution in [0.4, 0.5) is 0 Å². The van der Waals surface area contributed by atoms with E-state index in [1.54, 1.807) is 12.3 Å². The van der Waals surface area contributed by atoms with Crippen LogP contribution < -0.4 is 0 Å². The molecule has 0 N–H and O–H groups in total. The number of hydrogen-bond donors (Lipinski definition) is 0. The summed E-state index contributed by atoms with van der Waals surface area (Å²) in [4.78, 5) is 4.18. The van der Waals surface area contributed by atoms with Crippen LogP contribution >= 0.6 is 27.5 Å². The van der Waals surface area contributed by atoms with Crippen molar-refractivity contribution in [3.05, 3.63) is 27.5 Å². The van der Waals surface area contributed by atoms with Crippen LogP contribution in [0.3, 0.4) is 0 Å². The van der Waals surface area contributed by atoms with E-state index in [1.165, 1.54) is 0 Å². The van der Waals surface area contributed by atoms with Gasteiger partial charge in [0, 0.05) is 17.1 Å². The normalized spacial score (nSPS) is 24.4. The fourth-order valence-corrected chi connectivity index (χ4v) is 3.14. The lowest BCUT2D eigenvalue weighted by Gasteiger charge is -2.10. The zero-order valence-corrected chi connectivity index (χ0v) is 12.6. The summed E-state index contributed by atoms with van der Waals surface area (Å²) in [6.07, 6.45) is 2.24. The molecule has 8 heteroatoms. The Bertz CT molecular complexity index is 551. The molecule has 2 atom stereocenters. The highest BCUT2D eigenvalue weighted by Crippen LogP contribution is 2.34. The molecule has 2 rings (SSSR count). The van der Waals surface area contributed by atoms with Gasteiger partial charge in [0.15, 0.2) is 0 Å². The molecule has 0 aromatic carbocycles. The van der Waals surface area contributed by atoms with Crippen molar-refractivity contribution >= 4 is 37.6 Å². The second-order valence-corrected chi connectivity index (χ2v) is 6.92. The highest BCUT2D eigenvalue weighted by Gasteiger charge is 2.32. The number of pyridine rings is 1. The summed E-state index contributed by atoms with van der Waals surface area (Å²) < 4.78 is 33.2. The molecule has 0 spiro atoms. The number of hydrogen-bond acceptors (Lipinski definition) is 5. The van der Waals surface area contributed by atoms with E-state index in [2.05, 4.69) is 20.9 Å². The van der Waals surface area contributed by atoms with Crippen molar-refractivity contribution in [3.8, 4) is 0 Å². The fourth-order valence-electron chi connectivity index (χ4n) is 1.77. The van der Waals surface area contributed by atoms with Crippen LogP contribution in [0, 0.1) is 0 Å². The number of ether oxygens (including phenoxy) is 1. The van der Waals surface area contributed by atoms with E-state index in [9.17, 15) is 8.42 Å². The zero-order valence-electron chi connectivity index (χ0n) is 9.47. The lowest BCUT2D eigenvalue weighted by atomic mass is 10.1. The summed E-state index contributed by atoms with van der Waals surface area (Å²) in [5.41, 5.74) is 0.597. The second-order valence-electron chi connectivity index (χ2n) is 4.00. The molecular weight excluding hydrogens is 346 g/mol. The molecule has 2 unspecified atom stereocenters. The molecule has 2 heterocycles. The van der Waals surface area contributed by atoms with Gasteiger partial charge in [-0.15, -0.1) is 0 Å². The first-order valence-electron chi connectivity index (χ1n) is 5.16. The molecule has 18 heavy (non-hydrogen) atoms. The summed E-state index contributed by atoms with van der Waals surface area (Å²) >= 11 is 9.32. The SMILES string of the molecule is CS(=O)(=O)OC1COC(c2ncc(Br)cc2Cl)C1. The maximum atomic E-state index is 11.0. The van der Waals surface area contributed by atoms with Gasteiger partial charge in [-0.2, -0.15) is 8.42 Å². The molecule has 5 nitrogen and oxygen atoms in total. The topological polar surface area (TPSA) is 65.5 Å². The maximum absolute atomic E-state index is 11.0. The summed E-state index contributed by atoms with van der Waals surface area (Å²) in [5.74, 6) is 0. The first kappa shape index (κ1) is 14.2. The van der Waals surface area contributed by atoms with Crippen molar-refractivity contribution in [3.63, 3.8) is 0 Å². The van der Waals surface area contributed by atoms with Crippen molar-refractivity contribution in [1.82, 2.24) is 4.98 Å². The van der Waals surface area contributed by atoms with E-state index < -0.39 is 16.2 Å². The van der Waals surface area contributed by atoms with Crippen LogP contribution in [0.15, 0.2) is 16.7 Å². The third-order valence-corrected chi connectivity index (χ3v) is 3.77. The Balaban J connectivity index is 2.09. The van der Waals surface area contributed by atoms with Gasteiger partial charge in [-0.25, -0.2) is 0 Å². The van der Waals surface area contributed by atoms with Gasteiger partial charge in [0.25, 0.3) is 10.1 Å². The molecule has 1 saturated heterocycles. The lowest BCUT2D eigenvalue weighted by molar-refractivity contribution is 0.0934. The summed E-state index contributed by atoms with van der Waals surface area (Å²) in [6, 6.07) is 1.72.